The van der Waals surface area contributed by atoms with Gasteiger partial charge in [-0.05, 0) is 30.6 Å². The van der Waals surface area contributed by atoms with E-state index in [1.807, 2.05) is 30.3 Å². The Labute approximate surface area is 156 Å². The highest BCUT2D eigenvalue weighted by molar-refractivity contribution is 6.74. The molecule has 1 aromatic rings. The molecule has 0 fully saturated rings. The van der Waals surface area contributed by atoms with Gasteiger partial charge in [0, 0.05) is 0 Å². The molecule has 0 aliphatic carbocycles. The van der Waals surface area contributed by atoms with Crippen LogP contribution >= 0.6 is 0 Å². The zero-order valence-corrected chi connectivity index (χ0v) is 17.5. The van der Waals surface area contributed by atoms with Gasteiger partial charge in [-0.1, -0.05) is 51.1 Å². The maximum atomic E-state index is 12.1. The van der Waals surface area contributed by atoms with Gasteiger partial charge in [0.15, 0.2) is 8.32 Å². The smallest absolute Gasteiger partial charge is 0.408 e. The minimum atomic E-state index is -2.12. The summed E-state index contributed by atoms with van der Waals surface area (Å²) in [5, 5.41) is 2.53. The van der Waals surface area contributed by atoms with Crippen LogP contribution in [-0.2, 0) is 20.6 Å². The molecule has 0 unspecified atom stereocenters. The van der Waals surface area contributed by atoms with Crippen molar-refractivity contribution in [2.24, 2.45) is 5.84 Å². The van der Waals surface area contributed by atoms with Gasteiger partial charge in [-0.3, -0.25) is 10.2 Å². The lowest BCUT2D eigenvalue weighted by Crippen LogP contribution is -2.57. The minimum absolute atomic E-state index is 0.0289. The van der Waals surface area contributed by atoms with E-state index >= 15 is 0 Å². The highest BCUT2D eigenvalue weighted by Crippen LogP contribution is 2.37. The second-order valence-electron chi connectivity index (χ2n) is 7.78. The van der Waals surface area contributed by atoms with Gasteiger partial charge in [0.1, 0.15) is 12.6 Å². The summed E-state index contributed by atoms with van der Waals surface area (Å²) in [6, 6.07) is 8.34. The Morgan fingerprint density at radius 1 is 1.19 bits per heavy atom. The van der Waals surface area contributed by atoms with E-state index in [0.29, 0.717) is 0 Å². The van der Waals surface area contributed by atoms with E-state index in [9.17, 15) is 9.59 Å². The molecule has 4 N–H and O–H groups in total. The molecule has 146 valence electrons. The molecule has 8 heteroatoms. The number of alkyl carbamates (subject to hydrolysis) is 1. The molecule has 1 rings (SSSR count). The fraction of sp³-hybridized carbons (Fsp3) is 0.556. The van der Waals surface area contributed by atoms with E-state index in [0.717, 1.165) is 5.56 Å². The van der Waals surface area contributed by atoms with Crippen LogP contribution in [0.4, 0.5) is 4.79 Å². The molecule has 1 aromatic carbocycles. The van der Waals surface area contributed by atoms with Gasteiger partial charge in [0.25, 0.3) is 5.91 Å². The maximum Gasteiger partial charge on any atom is 0.408 e. The molecular weight excluding hydrogens is 350 g/mol. The van der Waals surface area contributed by atoms with Crippen LogP contribution in [0.25, 0.3) is 0 Å². The van der Waals surface area contributed by atoms with Gasteiger partial charge in [-0.15, -0.1) is 0 Å². The number of ether oxygens (including phenoxy) is 1. The van der Waals surface area contributed by atoms with Crippen LogP contribution in [0, 0.1) is 0 Å². The first-order valence-corrected chi connectivity index (χ1v) is 11.5. The molecule has 2 amide bonds. The minimum Gasteiger partial charge on any atom is -0.445 e. The summed E-state index contributed by atoms with van der Waals surface area (Å²) in [6.07, 6.45) is -1.25. The maximum absolute atomic E-state index is 12.1. The van der Waals surface area contributed by atoms with Crippen molar-refractivity contribution in [1.29, 1.82) is 0 Å². The lowest BCUT2D eigenvalue weighted by atomic mass is 10.2. The van der Waals surface area contributed by atoms with Crippen molar-refractivity contribution in [3.05, 3.63) is 35.9 Å². The van der Waals surface area contributed by atoms with E-state index in [1.54, 1.807) is 6.92 Å². The van der Waals surface area contributed by atoms with Crippen LogP contribution in [0.15, 0.2) is 30.3 Å². The Hall–Kier alpha value is -1.90. The first kappa shape index (κ1) is 22.1. The van der Waals surface area contributed by atoms with Crippen molar-refractivity contribution >= 4 is 20.3 Å². The zero-order chi connectivity index (χ0) is 20.0. The molecule has 2 atom stereocenters. The number of rotatable bonds is 7. The highest BCUT2D eigenvalue weighted by Gasteiger charge is 2.41. The summed E-state index contributed by atoms with van der Waals surface area (Å²) in [5.41, 5.74) is 2.93. The molecule has 26 heavy (non-hydrogen) atoms. The van der Waals surface area contributed by atoms with Crippen molar-refractivity contribution in [2.75, 3.05) is 0 Å². The molecule has 0 saturated heterocycles. The number of carbonyl (C=O) groups is 2. The number of benzene rings is 1. The van der Waals surface area contributed by atoms with Crippen LogP contribution in [0.3, 0.4) is 0 Å². The second kappa shape index (κ2) is 9.16. The quantitative estimate of drug-likeness (QED) is 0.292. The number of carbonyl (C=O) groups excluding carboxylic acids is 2. The molecule has 7 nitrogen and oxygen atoms in total. The predicted molar refractivity (Wildman–Crippen MR) is 104 cm³/mol. The lowest BCUT2D eigenvalue weighted by molar-refractivity contribution is -0.125. The molecule has 0 radical (unpaired) electrons. The topological polar surface area (TPSA) is 103 Å². The van der Waals surface area contributed by atoms with Crippen molar-refractivity contribution in [1.82, 2.24) is 10.7 Å². The number of nitrogens with two attached hydrogens (primary N) is 1. The van der Waals surface area contributed by atoms with E-state index in [-0.39, 0.29) is 11.6 Å². The van der Waals surface area contributed by atoms with Gasteiger partial charge >= 0.3 is 6.09 Å². The fourth-order valence-electron chi connectivity index (χ4n) is 2.09. The van der Waals surface area contributed by atoms with Crippen molar-refractivity contribution in [3.63, 3.8) is 0 Å². The normalized spacial score (nSPS) is 14.3. The van der Waals surface area contributed by atoms with Crippen LogP contribution in [-0.4, -0.2) is 32.5 Å². The molecular formula is C18H31N3O4Si. The average molecular weight is 382 g/mol. The first-order chi connectivity index (χ1) is 12.0. The summed E-state index contributed by atoms with van der Waals surface area (Å²) in [6.45, 7) is 12.3. The molecule has 0 saturated carbocycles. The number of hydrogen-bond donors (Lipinski definition) is 3. The van der Waals surface area contributed by atoms with Crippen LogP contribution < -0.4 is 16.6 Å². The number of nitrogens with one attached hydrogen (secondary N) is 2. The molecule has 0 heterocycles. The van der Waals surface area contributed by atoms with Crippen molar-refractivity contribution in [3.8, 4) is 0 Å². The Morgan fingerprint density at radius 2 is 1.77 bits per heavy atom. The summed E-state index contributed by atoms with van der Waals surface area (Å²) in [7, 11) is -2.12. The second-order valence-corrected chi connectivity index (χ2v) is 12.5. The highest BCUT2D eigenvalue weighted by atomic mass is 28.4. The Balaban J connectivity index is 2.74. The van der Waals surface area contributed by atoms with E-state index < -0.39 is 32.5 Å². The van der Waals surface area contributed by atoms with Crippen LogP contribution in [0.1, 0.15) is 33.3 Å². The van der Waals surface area contributed by atoms with Crippen LogP contribution in [0.5, 0.6) is 0 Å². The monoisotopic (exact) mass is 381 g/mol. The standard InChI is InChI=1S/C18H31N3O4Si/c1-13(25-26(5,6)18(2,3)4)15(16(22)21-19)20-17(23)24-12-14-10-8-7-9-11-14/h7-11,13,15H,12,19H2,1-6H3,(H,20,23)(H,21,22)/t13-,15+/m1/s1. The summed E-state index contributed by atoms with van der Waals surface area (Å²) < 4.78 is 11.4. The summed E-state index contributed by atoms with van der Waals surface area (Å²) >= 11 is 0. The third kappa shape index (κ3) is 6.43. The SMILES string of the molecule is C[C@@H](O[Si](C)(C)C(C)(C)C)[C@H](NC(=O)OCc1ccccc1)C(=O)NN. The van der Waals surface area contributed by atoms with E-state index in [4.69, 9.17) is 15.0 Å². The predicted octanol–water partition coefficient (Wildman–Crippen LogP) is 2.68. The largest absolute Gasteiger partial charge is 0.445 e. The summed E-state index contributed by atoms with van der Waals surface area (Å²) in [4.78, 5) is 24.2. The van der Waals surface area contributed by atoms with Crippen LogP contribution in [0.2, 0.25) is 18.1 Å². The van der Waals surface area contributed by atoms with E-state index in [2.05, 4.69) is 44.6 Å². The third-order valence-electron chi connectivity index (χ3n) is 4.67. The average Bonchev–Trinajstić information content (AvgIpc) is 2.56. The van der Waals surface area contributed by atoms with Crippen molar-refractivity contribution in [2.45, 2.75) is 64.6 Å². The molecule has 0 aromatic heterocycles. The molecule has 0 bridgehead atoms. The number of hydrogen-bond acceptors (Lipinski definition) is 5. The third-order valence-corrected chi connectivity index (χ3v) is 9.24. The Bertz CT molecular complexity index is 602. The van der Waals surface area contributed by atoms with Crippen molar-refractivity contribution < 1.29 is 18.8 Å². The van der Waals surface area contributed by atoms with E-state index in [1.165, 1.54) is 0 Å². The zero-order valence-electron chi connectivity index (χ0n) is 16.5. The number of hydrazine groups is 1. The van der Waals surface area contributed by atoms with Gasteiger partial charge < -0.3 is 14.5 Å². The van der Waals surface area contributed by atoms with Gasteiger partial charge in [-0.2, -0.15) is 0 Å². The lowest BCUT2D eigenvalue weighted by Gasteiger charge is -2.40. The Kier molecular flexibility index (Phi) is 7.80. The Morgan fingerprint density at radius 3 is 2.27 bits per heavy atom. The fourth-order valence-corrected chi connectivity index (χ4v) is 3.51. The van der Waals surface area contributed by atoms with Gasteiger partial charge in [-0.25, -0.2) is 10.6 Å². The van der Waals surface area contributed by atoms with Gasteiger partial charge in [0.2, 0.25) is 0 Å². The molecule has 0 aliphatic heterocycles. The summed E-state index contributed by atoms with van der Waals surface area (Å²) in [5.74, 6) is 4.73. The first-order valence-electron chi connectivity index (χ1n) is 8.63. The molecule has 0 spiro atoms. The number of amides is 2. The molecule has 0 aliphatic rings. The van der Waals surface area contributed by atoms with Gasteiger partial charge in [0.05, 0.1) is 6.10 Å².